The fourth-order valence-electron chi connectivity index (χ4n) is 4.08. The molecule has 0 aliphatic heterocycles. The van der Waals surface area contributed by atoms with E-state index in [0.717, 1.165) is 28.0 Å². The van der Waals surface area contributed by atoms with Gasteiger partial charge in [-0.2, -0.15) is 0 Å². The van der Waals surface area contributed by atoms with E-state index in [1.165, 1.54) is 24.3 Å². The summed E-state index contributed by atoms with van der Waals surface area (Å²) in [5.74, 6) is 0.437. The maximum atomic E-state index is 13.3. The largest absolute Gasteiger partial charge is 0.326 e. The minimum Gasteiger partial charge on any atom is -0.326 e. The molecule has 6 nitrogen and oxygen atoms in total. The standard InChI is InChI=1S/C27H28FN3O3S/c1-4-35(33,34)23-12-7-20(8-13-23)16-27(32)29-22-11-14-24-25(17-22)31(18(2)3)26(30-24)15-19-5-9-21(28)10-6-19/h5-14,17-18H,4,15-16H2,1-3H3,(H,29,32). The number of hydrogen-bond donors (Lipinski definition) is 1. The third-order valence-corrected chi connectivity index (χ3v) is 7.62. The monoisotopic (exact) mass is 493 g/mol. The average molecular weight is 494 g/mol. The van der Waals surface area contributed by atoms with Crippen LogP contribution in [-0.2, 0) is 27.5 Å². The quantitative estimate of drug-likeness (QED) is 0.360. The smallest absolute Gasteiger partial charge is 0.228 e. The molecular weight excluding hydrogens is 465 g/mol. The van der Waals surface area contributed by atoms with Crippen molar-refractivity contribution in [3.8, 4) is 0 Å². The van der Waals surface area contributed by atoms with Gasteiger partial charge < -0.3 is 9.88 Å². The van der Waals surface area contributed by atoms with E-state index in [1.54, 1.807) is 31.2 Å². The molecule has 0 atom stereocenters. The van der Waals surface area contributed by atoms with Gasteiger partial charge in [0.25, 0.3) is 0 Å². The second kappa shape index (κ2) is 10.00. The van der Waals surface area contributed by atoms with Gasteiger partial charge >= 0.3 is 0 Å². The second-order valence-electron chi connectivity index (χ2n) is 8.77. The first-order valence-electron chi connectivity index (χ1n) is 11.5. The number of benzene rings is 3. The van der Waals surface area contributed by atoms with Crippen molar-refractivity contribution in [1.82, 2.24) is 9.55 Å². The third kappa shape index (κ3) is 5.59. The molecule has 0 fully saturated rings. The van der Waals surface area contributed by atoms with Gasteiger partial charge in [-0.05, 0) is 67.4 Å². The molecule has 0 bridgehead atoms. The average Bonchev–Trinajstić information content (AvgIpc) is 3.18. The van der Waals surface area contributed by atoms with Crippen LogP contribution in [0.25, 0.3) is 11.0 Å². The highest BCUT2D eigenvalue weighted by atomic mass is 32.2. The van der Waals surface area contributed by atoms with E-state index in [4.69, 9.17) is 4.98 Å². The molecule has 1 N–H and O–H groups in total. The number of hydrogen-bond acceptors (Lipinski definition) is 4. The van der Waals surface area contributed by atoms with Crippen molar-refractivity contribution in [3.05, 3.63) is 89.5 Å². The van der Waals surface area contributed by atoms with Crippen LogP contribution in [0, 0.1) is 5.82 Å². The van der Waals surface area contributed by atoms with E-state index in [-0.39, 0.29) is 34.8 Å². The number of carbonyl (C=O) groups excluding carboxylic acids is 1. The van der Waals surface area contributed by atoms with Crippen LogP contribution in [0.4, 0.5) is 10.1 Å². The van der Waals surface area contributed by atoms with Crippen molar-refractivity contribution < 1.29 is 17.6 Å². The Bertz CT molecular complexity index is 1460. The molecule has 1 aromatic heterocycles. The fourth-order valence-corrected chi connectivity index (χ4v) is 4.96. The van der Waals surface area contributed by atoms with Gasteiger partial charge in [0.15, 0.2) is 9.84 Å². The maximum absolute atomic E-state index is 13.3. The van der Waals surface area contributed by atoms with Crippen molar-refractivity contribution in [2.45, 2.75) is 44.6 Å². The molecule has 0 unspecified atom stereocenters. The molecule has 0 saturated heterocycles. The number of rotatable bonds is 8. The minimum atomic E-state index is -3.27. The van der Waals surface area contributed by atoms with Crippen molar-refractivity contribution in [2.75, 3.05) is 11.1 Å². The summed E-state index contributed by atoms with van der Waals surface area (Å²) in [7, 11) is -3.27. The highest BCUT2D eigenvalue weighted by Crippen LogP contribution is 2.26. The molecule has 0 aliphatic carbocycles. The number of imidazole rings is 1. The Morgan fingerprint density at radius 3 is 2.29 bits per heavy atom. The number of halogens is 1. The SMILES string of the molecule is CCS(=O)(=O)c1ccc(CC(=O)Nc2ccc3nc(Cc4ccc(F)cc4)n(C(C)C)c3c2)cc1. The van der Waals surface area contributed by atoms with E-state index >= 15 is 0 Å². The lowest BCUT2D eigenvalue weighted by Gasteiger charge is -2.14. The topological polar surface area (TPSA) is 81.1 Å². The molecule has 0 radical (unpaired) electrons. The van der Waals surface area contributed by atoms with Gasteiger partial charge in [-0.1, -0.05) is 31.2 Å². The van der Waals surface area contributed by atoms with Crippen LogP contribution in [-0.4, -0.2) is 29.6 Å². The van der Waals surface area contributed by atoms with E-state index in [0.29, 0.717) is 12.1 Å². The van der Waals surface area contributed by atoms with Crippen LogP contribution in [0.15, 0.2) is 71.6 Å². The summed E-state index contributed by atoms with van der Waals surface area (Å²) in [4.78, 5) is 17.7. The lowest BCUT2D eigenvalue weighted by atomic mass is 10.1. The lowest BCUT2D eigenvalue weighted by molar-refractivity contribution is -0.115. The van der Waals surface area contributed by atoms with E-state index in [2.05, 4.69) is 23.7 Å². The fraction of sp³-hybridized carbons (Fsp3) is 0.259. The number of anilines is 1. The van der Waals surface area contributed by atoms with Crippen molar-refractivity contribution in [2.24, 2.45) is 0 Å². The third-order valence-electron chi connectivity index (χ3n) is 5.87. The molecule has 4 rings (SSSR count). The summed E-state index contributed by atoms with van der Waals surface area (Å²) in [5, 5.41) is 2.93. The van der Waals surface area contributed by atoms with Crippen molar-refractivity contribution >= 4 is 32.5 Å². The molecule has 0 saturated carbocycles. The van der Waals surface area contributed by atoms with E-state index < -0.39 is 9.84 Å². The number of amides is 1. The number of carbonyl (C=O) groups is 1. The minimum absolute atomic E-state index is 0.0356. The van der Waals surface area contributed by atoms with Gasteiger partial charge in [-0.25, -0.2) is 17.8 Å². The molecule has 0 spiro atoms. The summed E-state index contributed by atoms with van der Waals surface area (Å²) in [5.41, 5.74) is 4.08. The molecule has 1 amide bonds. The van der Waals surface area contributed by atoms with Crippen LogP contribution >= 0.6 is 0 Å². The number of nitrogens with one attached hydrogen (secondary N) is 1. The first-order chi connectivity index (χ1) is 16.7. The predicted molar refractivity (Wildman–Crippen MR) is 136 cm³/mol. The zero-order valence-corrected chi connectivity index (χ0v) is 20.8. The highest BCUT2D eigenvalue weighted by molar-refractivity contribution is 7.91. The van der Waals surface area contributed by atoms with Crippen LogP contribution < -0.4 is 5.32 Å². The van der Waals surface area contributed by atoms with Gasteiger partial charge in [0.05, 0.1) is 28.1 Å². The summed E-state index contributed by atoms with van der Waals surface area (Å²) in [6.45, 7) is 5.75. The Hall–Kier alpha value is -3.52. The highest BCUT2D eigenvalue weighted by Gasteiger charge is 2.16. The summed E-state index contributed by atoms with van der Waals surface area (Å²) < 4.78 is 39.4. The normalized spacial score (nSPS) is 11.8. The first-order valence-corrected chi connectivity index (χ1v) is 13.2. The molecule has 3 aromatic carbocycles. The van der Waals surface area contributed by atoms with Crippen LogP contribution in [0.3, 0.4) is 0 Å². The predicted octanol–water partition coefficient (Wildman–Crippen LogP) is 5.32. The lowest BCUT2D eigenvalue weighted by Crippen LogP contribution is -2.14. The number of nitrogens with zero attached hydrogens (tertiary/aromatic N) is 2. The van der Waals surface area contributed by atoms with Gasteiger partial charge in [-0.15, -0.1) is 0 Å². The van der Waals surface area contributed by atoms with Crippen LogP contribution in [0.1, 0.15) is 43.8 Å². The van der Waals surface area contributed by atoms with Crippen LogP contribution in [0.2, 0.25) is 0 Å². The number of fused-ring (bicyclic) bond motifs is 1. The van der Waals surface area contributed by atoms with Crippen LogP contribution in [0.5, 0.6) is 0 Å². The molecule has 0 aliphatic rings. The second-order valence-corrected chi connectivity index (χ2v) is 11.0. The van der Waals surface area contributed by atoms with Gasteiger partial charge in [-0.3, -0.25) is 4.79 Å². The van der Waals surface area contributed by atoms with Gasteiger partial charge in [0.1, 0.15) is 11.6 Å². The number of sulfone groups is 1. The first kappa shape index (κ1) is 24.6. The van der Waals surface area contributed by atoms with E-state index in [1.807, 2.05) is 18.2 Å². The molecule has 182 valence electrons. The van der Waals surface area contributed by atoms with Gasteiger partial charge in [0, 0.05) is 18.2 Å². The Kier molecular flexibility index (Phi) is 7.03. The Morgan fingerprint density at radius 1 is 1.00 bits per heavy atom. The zero-order chi connectivity index (χ0) is 25.2. The maximum Gasteiger partial charge on any atom is 0.228 e. The van der Waals surface area contributed by atoms with Crippen molar-refractivity contribution in [1.29, 1.82) is 0 Å². The number of aromatic nitrogens is 2. The summed E-state index contributed by atoms with van der Waals surface area (Å²) in [6, 6.07) is 18.6. The molecule has 35 heavy (non-hydrogen) atoms. The molecule has 1 heterocycles. The Labute approximate surface area is 204 Å². The Balaban J connectivity index is 1.53. The molecular formula is C27H28FN3O3S. The summed E-state index contributed by atoms with van der Waals surface area (Å²) in [6.07, 6.45) is 0.697. The van der Waals surface area contributed by atoms with E-state index in [9.17, 15) is 17.6 Å². The molecule has 4 aromatic rings. The summed E-state index contributed by atoms with van der Waals surface area (Å²) >= 11 is 0. The van der Waals surface area contributed by atoms with Crippen molar-refractivity contribution in [3.63, 3.8) is 0 Å². The van der Waals surface area contributed by atoms with Gasteiger partial charge in [0.2, 0.25) is 5.91 Å². The zero-order valence-electron chi connectivity index (χ0n) is 20.0. The Morgan fingerprint density at radius 2 is 1.66 bits per heavy atom. The molecule has 8 heteroatoms.